The van der Waals surface area contributed by atoms with Crippen molar-refractivity contribution in [1.29, 1.82) is 0 Å². The van der Waals surface area contributed by atoms with Crippen LogP contribution in [0.3, 0.4) is 0 Å². The molecular weight excluding hydrogens is 240 g/mol. The summed E-state index contributed by atoms with van der Waals surface area (Å²) in [7, 11) is 0. The molecule has 4 heteroatoms. The van der Waals surface area contributed by atoms with Crippen molar-refractivity contribution < 1.29 is 9.53 Å². The highest BCUT2D eigenvalue weighted by Gasteiger charge is 2.04. The Hall–Kier alpha value is -1.81. The van der Waals surface area contributed by atoms with E-state index in [-0.39, 0.29) is 5.91 Å². The van der Waals surface area contributed by atoms with Crippen LogP contribution in [-0.4, -0.2) is 30.6 Å². The molecule has 0 atom stereocenters. The predicted octanol–water partition coefficient (Wildman–Crippen LogP) is 2.25. The average Bonchev–Trinajstić information content (AvgIpc) is 2.86. The molecule has 0 spiro atoms. The van der Waals surface area contributed by atoms with Crippen LogP contribution in [0.15, 0.2) is 30.5 Å². The SMILES string of the molecule is CCOCCCNC(=O)Cc1ccc2[nH]ccc2c1. The lowest BCUT2D eigenvalue weighted by molar-refractivity contribution is -0.120. The lowest BCUT2D eigenvalue weighted by Gasteiger charge is -2.05. The van der Waals surface area contributed by atoms with Crippen molar-refractivity contribution in [3.8, 4) is 0 Å². The van der Waals surface area contributed by atoms with E-state index in [4.69, 9.17) is 4.74 Å². The van der Waals surface area contributed by atoms with Crippen molar-refractivity contribution >= 4 is 16.8 Å². The van der Waals surface area contributed by atoms with Gasteiger partial charge in [-0.25, -0.2) is 0 Å². The number of fused-ring (bicyclic) bond motifs is 1. The summed E-state index contributed by atoms with van der Waals surface area (Å²) in [5, 5.41) is 4.05. The number of nitrogens with one attached hydrogen (secondary N) is 2. The topological polar surface area (TPSA) is 54.1 Å². The molecule has 1 aromatic heterocycles. The third-order valence-corrected chi connectivity index (χ3v) is 2.97. The molecule has 2 aromatic rings. The zero-order valence-corrected chi connectivity index (χ0v) is 11.2. The molecule has 1 aromatic carbocycles. The number of hydrogen-bond acceptors (Lipinski definition) is 2. The van der Waals surface area contributed by atoms with Crippen LogP contribution in [0.25, 0.3) is 10.9 Å². The maximum absolute atomic E-state index is 11.8. The van der Waals surface area contributed by atoms with Crippen LogP contribution in [0.1, 0.15) is 18.9 Å². The van der Waals surface area contributed by atoms with Gasteiger partial charge >= 0.3 is 0 Å². The quantitative estimate of drug-likeness (QED) is 0.750. The first kappa shape index (κ1) is 13.6. The number of rotatable bonds is 7. The summed E-state index contributed by atoms with van der Waals surface area (Å²) in [5.41, 5.74) is 2.13. The summed E-state index contributed by atoms with van der Waals surface area (Å²) in [6, 6.07) is 8.05. The van der Waals surface area contributed by atoms with E-state index in [1.807, 2.05) is 37.4 Å². The van der Waals surface area contributed by atoms with E-state index in [0.717, 1.165) is 29.5 Å². The van der Waals surface area contributed by atoms with Crippen molar-refractivity contribution in [1.82, 2.24) is 10.3 Å². The minimum absolute atomic E-state index is 0.0615. The number of carbonyl (C=O) groups is 1. The number of benzene rings is 1. The third-order valence-electron chi connectivity index (χ3n) is 2.97. The molecule has 0 radical (unpaired) electrons. The van der Waals surface area contributed by atoms with Crippen molar-refractivity contribution in [3.05, 3.63) is 36.0 Å². The second kappa shape index (κ2) is 6.95. The normalized spacial score (nSPS) is 10.8. The molecule has 0 unspecified atom stereocenters. The van der Waals surface area contributed by atoms with E-state index in [2.05, 4.69) is 10.3 Å². The van der Waals surface area contributed by atoms with Gasteiger partial charge in [0.05, 0.1) is 6.42 Å². The molecular formula is C15H20N2O2. The number of amides is 1. The first-order valence-corrected chi connectivity index (χ1v) is 6.70. The van der Waals surface area contributed by atoms with Crippen molar-refractivity contribution in [2.75, 3.05) is 19.8 Å². The van der Waals surface area contributed by atoms with E-state index >= 15 is 0 Å². The lowest BCUT2D eigenvalue weighted by Crippen LogP contribution is -2.26. The van der Waals surface area contributed by atoms with Gasteiger partial charge in [0.1, 0.15) is 0 Å². The van der Waals surface area contributed by atoms with Crippen LogP contribution in [0.5, 0.6) is 0 Å². The summed E-state index contributed by atoms with van der Waals surface area (Å²) in [6.45, 7) is 4.07. The number of hydrogen-bond donors (Lipinski definition) is 2. The fraction of sp³-hybridized carbons (Fsp3) is 0.400. The van der Waals surface area contributed by atoms with Gasteiger partial charge < -0.3 is 15.0 Å². The van der Waals surface area contributed by atoms with Gasteiger partial charge in [-0.2, -0.15) is 0 Å². The highest BCUT2D eigenvalue weighted by atomic mass is 16.5. The van der Waals surface area contributed by atoms with Gasteiger partial charge in [-0.1, -0.05) is 6.07 Å². The fourth-order valence-corrected chi connectivity index (χ4v) is 2.01. The van der Waals surface area contributed by atoms with E-state index < -0.39 is 0 Å². The predicted molar refractivity (Wildman–Crippen MR) is 76.1 cm³/mol. The molecule has 2 rings (SSSR count). The largest absolute Gasteiger partial charge is 0.382 e. The molecule has 0 fully saturated rings. The Kier molecular flexibility index (Phi) is 4.98. The van der Waals surface area contributed by atoms with Gasteiger partial charge in [0.15, 0.2) is 0 Å². The van der Waals surface area contributed by atoms with Crippen LogP contribution in [0, 0.1) is 0 Å². The second-order valence-corrected chi connectivity index (χ2v) is 4.48. The maximum atomic E-state index is 11.8. The Morgan fingerprint density at radius 2 is 2.26 bits per heavy atom. The standard InChI is InChI=1S/C15H20N2O2/c1-2-19-9-3-7-17-15(18)11-12-4-5-14-13(10-12)6-8-16-14/h4-6,8,10,16H,2-3,7,9,11H2,1H3,(H,17,18). The van der Waals surface area contributed by atoms with Crippen LogP contribution < -0.4 is 5.32 Å². The van der Waals surface area contributed by atoms with E-state index in [0.29, 0.717) is 19.6 Å². The number of H-pyrrole nitrogens is 1. The van der Waals surface area contributed by atoms with Crippen LogP contribution in [0.2, 0.25) is 0 Å². The lowest BCUT2D eigenvalue weighted by atomic mass is 10.1. The Morgan fingerprint density at radius 1 is 1.37 bits per heavy atom. The molecule has 2 N–H and O–H groups in total. The third kappa shape index (κ3) is 4.10. The molecule has 0 aliphatic carbocycles. The highest BCUT2D eigenvalue weighted by Crippen LogP contribution is 2.14. The molecule has 19 heavy (non-hydrogen) atoms. The first-order valence-electron chi connectivity index (χ1n) is 6.70. The minimum atomic E-state index is 0.0615. The summed E-state index contributed by atoms with van der Waals surface area (Å²) in [5.74, 6) is 0.0615. The molecule has 102 valence electrons. The zero-order valence-electron chi connectivity index (χ0n) is 11.2. The molecule has 4 nitrogen and oxygen atoms in total. The molecule has 0 saturated heterocycles. The van der Waals surface area contributed by atoms with Crippen LogP contribution in [0.4, 0.5) is 0 Å². The van der Waals surface area contributed by atoms with Gasteiger partial charge in [-0.3, -0.25) is 4.79 Å². The van der Waals surface area contributed by atoms with E-state index in [9.17, 15) is 4.79 Å². The Bertz CT molecular complexity index is 534. The molecule has 1 amide bonds. The van der Waals surface area contributed by atoms with Gasteiger partial charge in [0, 0.05) is 31.5 Å². The monoisotopic (exact) mass is 260 g/mol. The van der Waals surface area contributed by atoms with Gasteiger partial charge in [-0.05, 0) is 42.5 Å². The fourth-order valence-electron chi connectivity index (χ4n) is 2.01. The summed E-state index contributed by atoms with van der Waals surface area (Å²) in [6.07, 6.45) is 3.19. The second-order valence-electron chi connectivity index (χ2n) is 4.48. The summed E-state index contributed by atoms with van der Waals surface area (Å²) >= 11 is 0. The Labute approximate surface area is 113 Å². The maximum Gasteiger partial charge on any atom is 0.224 e. The number of aromatic amines is 1. The minimum Gasteiger partial charge on any atom is -0.382 e. The Morgan fingerprint density at radius 3 is 3.11 bits per heavy atom. The summed E-state index contributed by atoms with van der Waals surface area (Å²) < 4.78 is 5.22. The zero-order chi connectivity index (χ0) is 13.5. The number of aromatic nitrogens is 1. The number of carbonyl (C=O) groups excluding carboxylic acids is 1. The molecule has 0 aliphatic heterocycles. The smallest absolute Gasteiger partial charge is 0.224 e. The molecule has 0 bridgehead atoms. The van der Waals surface area contributed by atoms with Gasteiger partial charge in [0.25, 0.3) is 0 Å². The van der Waals surface area contributed by atoms with E-state index in [1.165, 1.54) is 0 Å². The van der Waals surface area contributed by atoms with Crippen LogP contribution >= 0.6 is 0 Å². The van der Waals surface area contributed by atoms with Crippen LogP contribution in [-0.2, 0) is 16.0 Å². The highest BCUT2D eigenvalue weighted by molar-refractivity contribution is 5.83. The Balaban J connectivity index is 1.78. The average molecular weight is 260 g/mol. The molecule has 1 heterocycles. The van der Waals surface area contributed by atoms with Gasteiger partial charge in [-0.15, -0.1) is 0 Å². The number of ether oxygens (including phenoxy) is 1. The van der Waals surface area contributed by atoms with Crippen molar-refractivity contribution in [2.24, 2.45) is 0 Å². The van der Waals surface area contributed by atoms with Gasteiger partial charge in [0.2, 0.25) is 5.91 Å². The van der Waals surface area contributed by atoms with Crippen molar-refractivity contribution in [2.45, 2.75) is 19.8 Å². The first-order chi connectivity index (χ1) is 9.29. The molecule has 0 aliphatic rings. The van der Waals surface area contributed by atoms with Crippen molar-refractivity contribution in [3.63, 3.8) is 0 Å². The molecule has 0 saturated carbocycles. The summed E-state index contributed by atoms with van der Waals surface area (Å²) in [4.78, 5) is 14.9. The van der Waals surface area contributed by atoms with E-state index in [1.54, 1.807) is 0 Å².